The molecule has 0 radical (unpaired) electrons. The Kier molecular flexibility index (Phi) is 4.77. The Morgan fingerprint density at radius 2 is 2.00 bits per heavy atom. The summed E-state index contributed by atoms with van der Waals surface area (Å²) in [4.78, 5) is 10.6. The molecule has 0 aliphatic carbocycles. The SMILES string of the molecule is O=C(O)Cc1cccc(NS(=O)(=O)c2cc(Cl)sc2Cl)c1. The second-order valence-corrected chi connectivity index (χ2v) is 8.00. The van der Waals surface area contributed by atoms with Gasteiger partial charge in [-0.05, 0) is 23.8 Å². The summed E-state index contributed by atoms with van der Waals surface area (Å²) in [5.74, 6) is -0.998. The lowest BCUT2D eigenvalue weighted by atomic mass is 10.1. The Morgan fingerprint density at radius 1 is 1.29 bits per heavy atom. The number of carbonyl (C=O) groups is 1. The van der Waals surface area contributed by atoms with Crippen LogP contribution in [0.2, 0.25) is 8.67 Å². The fraction of sp³-hybridized carbons (Fsp3) is 0.0833. The van der Waals surface area contributed by atoms with Gasteiger partial charge in [-0.25, -0.2) is 8.42 Å². The first-order valence-electron chi connectivity index (χ1n) is 5.56. The molecule has 0 bridgehead atoms. The normalized spacial score (nSPS) is 11.3. The quantitative estimate of drug-likeness (QED) is 0.849. The van der Waals surface area contributed by atoms with Gasteiger partial charge in [-0.2, -0.15) is 0 Å². The molecule has 1 aromatic heterocycles. The van der Waals surface area contributed by atoms with E-state index < -0.39 is 16.0 Å². The summed E-state index contributed by atoms with van der Waals surface area (Å²) in [6.07, 6.45) is -0.194. The fourth-order valence-corrected chi connectivity index (χ4v) is 4.84. The number of halogens is 2. The molecule has 2 N–H and O–H groups in total. The number of carboxylic acid groups (broad SMARTS) is 1. The highest BCUT2D eigenvalue weighted by Crippen LogP contribution is 2.35. The van der Waals surface area contributed by atoms with Crippen LogP contribution < -0.4 is 4.72 Å². The van der Waals surface area contributed by atoms with Crippen LogP contribution in [0, 0.1) is 0 Å². The third-order valence-corrected chi connectivity index (χ3v) is 5.58. The lowest BCUT2D eigenvalue weighted by Gasteiger charge is -2.08. The first kappa shape index (κ1) is 16.1. The van der Waals surface area contributed by atoms with Crippen molar-refractivity contribution in [1.29, 1.82) is 0 Å². The van der Waals surface area contributed by atoms with Crippen molar-refractivity contribution in [2.75, 3.05) is 4.72 Å². The number of nitrogens with one attached hydrogen (secondary N) is 1. The van der Waals surface area contributed by atoms with E-state index in [1.807, 2.05) is 0 Å². The smallest absolute Gasteiger partial charge is 0.307 e. The van der Waals surface area contributed by atoms with Crippen molar-refractivity contribution >= 4 is 56.2 Å². The number of sulfonamides is 1. The molecule has 2 rings (SSSR count). The largest absolute Gasteiger partial charge is 0.481 e. The monoisotopic (exact) mass is 365 g/mol. The third-order valence-electron chi connectivity index (χ3n) is 2.45. The summed E-state index contributed by atoms with van der Waals surface area (Å²) in [6.45, 7) is 0. The molecule has 2 aromatic rings. The van der Waals surface area contributed by atoms with Crippen LogP contribution in [-0.2, 0) is 21.2 Å². The fourth-order valence-electron chi connectivity index (χ4n) is 1.64. The number of thiophene rings is 1. The van der Waals surface area contributed by atoms with Gasteiger partial charge in [-0.3, -0.25) is 9.52 Å². The Morgan fingerprint density at radius 3 is 2.57 bits per heavy atom. The summed E-state index contributed by atoms with van der Waals surface area (Å²) in [5, 5.41) is 8.74. The molecule has 0 aliphatic heterocycles. The number of hydrogen-bond acceptors (Lipinski definition) is 4. The standard InChI is InChI=1S/C12H9Cl2NO4S2/c13-10-6-9(12(14)20-10)21(18,19)15-8-3-1-2-7(4-8)5-11(16)17/h1-4,6,15H,5H2,(H,16,17). The first-order chi connectivity index (χ1) is 9.78. The van der Waals surface area contributed by atoms with Gasteiger partial charge in [0.2, 0.25) is 0 Å². The molecule has 0 aliphatic rings. The third kappa shape index (κ3) is 4.10. The molecule has 0 unspecified atom stereocenters. The minimum atomic E-state index is -3.87. The van der Waals surface area contributed by atoms with E-state index in [0.717, 1.165) is 11.3 Å². The summed E-state index contributed by atoms with van der Waals surface area (Å²) < 4.78 is 27.1. The van der Waals surface area contributed by atoms with Crippen LogP contribution in [0.5, 0.6) is 0 Å². The van der Waals surface area contributed by atoms with E-state index in [1.165, 1.54) is 18.2 Å². The molecule has 1 heterocycles. The summed E-state index contributed by atoms with van der Waals surface area (Å²) in [6, 6.07) is 7.40. The number of aliphatic carboxylic acids is 1. The number of hydrogen-bond donors (Lipinski definition) is 2. The van der Waals surface area contributed by atoms with Crippen LogP contribution in [0.15, 0.2) is 35.2 Å². The van der Waals surface area contributed by atoms with Crippen molar-refractivity contribution in [1.82, 2.24) is 0 Å². The highest BCUT2D eigenvalue weighted by molar-refractivity contribution is 7.93. The van der Waals surface area contributed by atoms with Gasteiger partial charge in [-0.1, -0.05) is 35.3 Å². The van der Waals surface area contributed by atoms with E-state index >= 15 is 0 Å². The van der Waals surface area contributed by atoms with Crippen molar-refractivity contribution in [3.63, 3.8) is 0 Å². The number of carboxylic acids is 1. The van der Waals surface area contributed by atoms with Crippen LogP contribution in [-0.4, -0.2) is 19.5 Å². The molecule has 0 spiro atoms. The second-order valence-electron chi connectivity index (χ2n) is 4.06. The minimum absolute atomic E-state index is 0.0641. The highest BCUT2D eigenvalue weighted by atomic mass is 35.5. The van der Waals surface area contributed by atoms with E-state index in [1.54, 1.807) is 12.1 Å². The van der Waals surface area contributed by atoms with Gasteiger partial charge >= 0.3 is 5.97 Å². The second kappa shape index (κ2) is 6.23. The lowest BCUT2D eigenvalue weighted by Crippen LogP contribution is -2.13. The zero-order valence-electron chi connectivity index (χ0n) is 10.3. The van der Waals surface area contributed by atoms with Gasteiger partial charge in [0.25, 0.3) is 10.0 Å². The van der Waals surface area contributed by atoms with Crippen molar-refractivity contribution in [3.8, 4) is 0 Å². The van der Waals surface area contributed by atoms with Crippen LogP contribution in [0.25, 0.3) is 0 Å². The molecule has 0 amide bonds. The van der Waals surface area contributed by atoms with Gasteiger partial charge in [0.15, 0.2) is 0 Å². The highest BCUT2D eigenvalue weighted by Gasteiger charge is 2.21. The average molecular weight is 366 g/mol. The van der Waals surface area contributed by atoms with E-state index in [4.69, 9.17) is 28.3 Å². The first-order valence-corrected chi connectivity index (χ1v) is 8.62. The Labute approximate surface area is 135 Å². The molecule has 112 valence electrons. The summed E-state index contributed by atoms with van der Waals surface area (Å²) in [7, 11) is -3.87. The van der Waals surface area contributed by atoms with Gasteiger partial charge in [0.05, 0.1) is 10.8 Å². The molecule has 1 aromatic carbocycles. The maximum atomic E-state index is 12.2. The van der Waals surface area contributed by atoms with Gasteiger partial charge in [0.1, 0.15) is 9.23 Å². The molecule has 0 atom stereocenters. The van der Waals surface area contributed by atoms with E-state index in [0.29, 0.717) is 5.56 Å². The predicted molar refractivity (Wildman–Crippen MR) is 82.9 cm³/mol. The number of benzene rings is 1. The van der Waals surface area contributed by atoms with Crippen LogP contribution in [0.4, 0.5) is 5.69 Å². The lowest BCUT2D eigenvalue weighted by molar-refractivity contribution is -0.136. The molecule has 21 heavy (non-hydrogen) atoms. The summed E-state index contributed by atoms with van der Waals surface area (Å²) >= 11 is 12.5. The van der Waals surface area contributed by atoms with Crippen LogP contribution in [0.1, 0.15) is 5.56 Å². The van der Waals surface area contributed by atoms with Crippen molar-refractivity contribution in [3.05, 3.63) is 44.6 Å². The number of rotatable bonds is 5. The molecule has 0 saturated carbocycles. The van der Waals surface area contributed by atoms with Crippen molar-refractivity contribution < 1.29 is 18.3 Å². The minimum Gasteiger partial charge on any atom is -0.481 e. The summed E-state index contributed by atoms with van der Waals surface area (Å²) in [5.41, 5.74) is 0.740. The molecule has 5 nitrogen and oxygen atoms in total. The zero-order chi connectivity index (χ0) is 15.6. The van der Waals surface area contributed by atoms with Crippen LogP contribution >= 0.6 is 34.5 Å². The average Bonchev–Trinajstić information content (AvgIpc) is 2.68. The van der Waals surface area contributed by atoms with Crippen LogP contribution in [0.3, 0.4) is 0 Å². The molecule has 0 saturated heterocycles. The van der Waals surface area contributed by atoms with Gasteiger partial charge in [0, 0.05) is 5.69 Å². The topological polar surface area (TPSA) is 83.5 Å². The molecule has 9 heteroatoms. The van der Waals surface area contributed by atoms with Gasteiger partial charge in [-0.15, -0.1) is 11.3 Å². The molecule has 0 fully saturated rings. The maximum Gasteiger partial charge on any atom is 0.307 e. The van der Waals surface area contributed by atoms with E-state index in [-0.39, 0.29) is 25.7 Å². The number of anilines is 1. The molecular formula is C12H9Cl2NO4S2. The molecular weight excluding hydrogens is 357 g/mol. The predicted octanol–water partition coefficient (Wildman–Crippen LogP) is 3.48. The van der Waals surface area contributed by atoms with E-state index in [2.05, 4.69) is 4.72 Å². The zero-order valence-corrected chi connectivity index (χ0v) is 13.5. The van der Waals surface area contributed by atoms with Gasteiger partial charge < -0.3 is 5.11 Å². The Hall–Kier alpha value is -1.28. The Balaban J connectivity index is 2.28. The maximum absolute atomic E-state index is 12.2. The van der Waals surface area contributed by atoms with Crippen molar-refractivity contribution in [2.45, 2.75) is 11.3 Å². The van der Waals surface area contributed by atoms with E-state index in [9.17, 15) is 13.2 Å². The Bertz CT molecular complexity index is 786. The van der Waals surface area contributed by atoms with Crippen molar-refractivity contribution in [2.24, 2.45) is 0 Å².